The Bertz CT molecular complexity index is 500. The predicted molar refractivity (Wildman–Crippen MR) is 81.6 cm³/mol. The maximum absolute atomic E-state index is 12.0. The largest absolute Gasteiger partial charge is 0.325 e. The first-order valence-electron chi connectivity index (χ1n) is 6.09. The zero-order valence-electron chi connectivity index (χ0n) is 10.4. The van der Waals surface area contributed by atoms with E-state index in [1.165, 1.54) is 0 Å². The Morgan fingerprint density at radius 3 is 3.21 bits per heavy atom. The number of rotatable bonds is 3. The van der Waals surface area contributed by atoms with Crippen LogP contribution in [0, 0.1) is 14.9 Å². The number of amides is 1. The number of carbonyl (C=O) groups is 1. The summed E-state index contributed by atoms with van der Waals surface area (Å²) in [5, 5.41) is 15.0. The van der Waals surface area contributed by atoms with E-state index >= 15 is 0 Å². The lowest BCUT2D eigenvalue weighted by atomic mass is 10.2. The number of nitriles is 1. The lowest BCUT2D eigenvalue weighted by Crippen LogP contribution is -2.52. The molecule has 1 aromatic carbocycles. The number of nitrogens with zero attached hydrogens (tertiary/aromatic N) is 2. The number of benzene rings is 1. The van der Waals surface area contributed by atoms with Gasteiger partial charge >= 0.3 is 0 Å². The topological polar surface area (TPSA) is 68.2 Å². The van der Waals surface area contributed by atoms with Crippen molar-refractivity contribution in [2.24, 2.45) is 0 Å². The summed E-state index contributed by atoms with van der Waals surface area (Å²) in [7, 11) is 0. The van der Waals surface area contributed by atoms with Crippen LogP contribution in [-0.4, -0.2) is 43.0 Å². The number of nitrogens with one attached hydrogen (secondary N) is 2. The Morgan fingerprint density at radius 1 is 1.63 bits per heavy atom. The number of halogens is 1. The normalized spacial score (nSPS) is 19.7. The third-order valence-electron chi connectivity index (χ3n) is 2.96. The molecule has 2 rings (SSSR count). The lowest BCUT2D eigenvalue weighted by Gasteiger charge is -2.31. The van der Waals surface area contributed by atoms with Crippen LogP contribution >= 0.6 is 22.6 Å². The van der Waals surface area contributed by atoms with Crippen molar-refractivity contribution < 1.29 is 4.79 Å². The van der Waals surface area contributed by atoms with Crippen molar-refractivity contribution in [2.75, 3.05) is 31.5 Å². The standard InChI is InChI=1S/C13H15IN4O/c14-10-2-1-3-11(6-10)17-13(19)9-18-5-4-16-8-12(18)7-15/h1-3,6,12,16H,4-5,8-9H2,(H,17,19). The summed E-state index contributed by atoms with van der Waals surface area (Å²) in [4.78, 5) is 13.9. The molecule has 0 aliphatic carbocycles. The molecule has 6 heteroatoms. The molecule has 100 valence electrons. The van der Waals surface area contributed by atoms with E-state index in [-0.39, 0.29) is 18.5 Å². The number of hydrogen-bond donors (Lipinski definition) is 2. The molecule has 1 atom stereocenters. The number of piperazine rings is 1. The molecule has 1 saturated heterocycles. The Kier molecular flexibility index (Phi) is 5.13. The molecule has 19 heavy (non-hydrogen) atoms. The van der Waals surface area contributed by atoms with Crippen molar-refractivity contribution in [3.05, 3.63) is 27.8 Å². The van der Waals surface area contributed by atoms with E-state index in [2.05, 4.69) is 39.3 Å². The molecule has 0 radical (unpaired) electrons. The second kappa shape index (κ2) is 6.84. The van der Waals surface area contributed by atoms with Gasteiger partial charge in [0, 0.05) is 28.9 Å². The van der Waals surface area contributed by atoms with E-state index < -0.39 is 0 Å². The minimum Gasteiger partial charge on any atom is -0.325 e. The summed E-state index contributed by atoms with van der Waals surface area (Å²) >= 11 is 2.20. The number of hydrogen-bond acceptors (Lipinski definition) is 4. The molecule has 1 aliphatic rings. The fraction of sp³-hybridized carbons (Fsp3) is 0.385. The van der Waals surface area contributed by atoms with Crippen molar-refractivity contribution in [3.63, 3.8) is 0 Å². The van der Waals surface area contributed by atoms with Gasteiger partial charge in [-0.15, -0.1) is 0 Å². The summed E-state index contributed by atoms with van der Waals surface area (Å²) in [5.41, 5.74) is 0.792. The Balaban J connectivity index is 1.92. The Labute approximate surface area is 126 Å². The molecule has 0 saturated carbocycles. The van der Waals surface area contributed by atoms with Gasteiger partial charge in [-0.25, -0.2) is 0 Å². The van der Waals surface area contributed by atoms with Crippen molar-refractivity contribution in [3.8, 4) is 6.07 Å². The predicted octanol–water partition coefficient (Wildman–Crippen LogP) is 1.03. The minimum absolute atomic E-state index is 0.0795. The highest BCUT2D eigenvalue weighted by Gasteiger charge is 2.23. The van der Waals surface area contributed by atoms with Crippen molar-refractivity contribution >= 4 is 34.2 Å². The van der Waals surface area contributed by atoms with Crippen LogP contribution in [0.4, 0.5) is 5.69 Å². The van der Waals surface area contributed by atoms with Crippen LogP contribution in [0.5, 0.6) is 0 Å². The molecule has 0 bridgehead atoms. The molecule has 1 fully saturated rings. The van der Waals surface area contributed by atoms with Crippen LogP contribution in [0.3, 0.4) is 0 Å². The second-order valence-electron chi connectivity index (χ2n) is 4.38. The van der Waals surface area contributed by atoms with Gasteiger partial charge in [0.2, 0.25) is 5.91 Å². The van der Waals surface area contributed by atoms with Crippen LogP contribution in [0.2, 0.25) is 0 Å². The fourth-order valence-electron chi connectivity index (χ4n) is 2.01. The van der Waals surface area contributed by atoms with E-state index in [4.69, 9.17) is 5.26 Å². The lowest BCUT2D eigenvalue weighted by molar-refractivity contribution is -0.117. The van der Waals surface area contributed by atoms with Gasteiger partial charge in [-0.3, -0.25) is 9.69 Å². The Morgan fingerprint density at radius 2 is 2.47 bits per heavy atom. The van der Waals surface area contributed by atoms with E-state index in [0.717, 1.165) is 22.3 Å². The van der Waals surface area contributed by atoms with Crippen LogP contribution in [-0.2, 0) is 4.79 Å². The van der Waals surface area contributed by atoms with E-state index in [0.29, 0.717) is 6.54 Å². The summed E-state index contributed by atoms with van der Waals surface area (Å²) in [5.74, 6) is -0.0795. The van der Waals surface area contributed by atoms with Crippen molar-refractivity contribution in [1.82, 2.24) is 10.2 Å². The summed E-state index contributed by atoms with van der Waals surface area (Å²) in [6.45, 7) is 2.41. The minimum atomic E-state index is -0.226. The summed E-state index contributed by atoms with van der Waals surface area (Å²) in [6.07, 6.45) is 0. The highest BCUT2D eigenvalue weighted by molar-refractivity contribution is 14.1. The zero-order chi connectivity index (χ0) is 13.7. The van der Waals surface area contributed by atoms with Gasteiger partial charge in [-0.1, -0.05) is 6.07 Å². The first kappa shape index (κ1) is 14.2. The molecule has 1 aliphatic heterocycles. The molecule has 1 heterocycles. The summed E-state index contributed by atoms with van der Waals surface area (Å²) < 4.78 is 1.08. The quantitative estimate of drug-likeness (QED) is 0.780. The fourth-order valence-corrected chi connectivity index (χ4v) is 2.56. The van der Waals surface area contributed by atoms with Gasteiger partial charge in [0.25, 0.3) is 0 Å². The van der Waals surface area contributed by atoms with E-state index in [9.17, 15) is 4.79 Å². The van der Waals surface area contributed by atoms with Crippen LogP contribution in [0.25, 0.3) is 0 Å². The zero-order valence-corrected chi connectivity index (χ0v) is 12.6. The molecule has 1 aromatic rings. The second-order valence-corrected chi connectivity index (χ2v) is 5.62. The smallest absolute Gasteiger partial charge is 0.238 e. The third-order valence-corrected chi connectivity index (χ3v) is 3.63. The average Bonchev–Trinajstić information content (AvgIpc) is 2.39. The van der Waals surface area contributed by atoms with Gasteiger partial charge in [-0.05, 0) is 40.8 Å². The SMILES string of the molecule is N#CC1CNCCN1CC(=O)Nc1cccc(I)c1. The van der Waals surface area contributed by atoms with Crippen LogP contribution < -0.4 is 10.6 Å². The molecule has 5 nitrogen and oxygen atoms in total. The van der Waals surface area contributed by atoms with Gasteiger partial charge in [-0.2, -0.15) is 5.26 Å². The molecule has 1 amide bonds. The monoisotopic (exact) mass is 370 g/mol. The number of anilines is 1. The van der Waals surface area contributed by atoms with Crippen molar-refractivity contribution in [1.29, 1.82) is 5.26 Å². The molecule has 1 unspecified atom stereocenters. The van der Waals surface area contributed by atoms with Crippen LogP contribution in [0.1, 0.15) is 0 Å². The maximum Gasteiger partial charge on any atom is 0.238 e. The van der Waals surface area contributed by atoms with Gasteiger partial charge in [0.15, 0.2) is 0 Å². The number of carbonyl (C=O) groups excluding carboxylic acids is 1. The van der Waals surface area contributed by atoms with E-state index in [1.807, 2.05) is 29.2 Å². The van der Waals surface area contributed by atoms with Gasteiger partial charge < -0.3 is 10.6 Å². The van der Waals surface area contributed by atoms with Crippen LogP contribution in [0.15, 0.2) is 24.3 Å². The van der Waals surface area contributed by atoms with Gasteiger partial charge in [0.1, 0.15) is 6.04 Å². The Hall–Kier alpha value is -1.17. The van der Waals surface area contributed by atoms with E-state index in [1.54, 1.807) is 0 Å². The first-order valence-corrected chi connectivity index (χ1v) is 7.17. The maximum atomic E-state index is 12.0. The van der Waals surface area contributed by atoms with Crippen molar-refractivity contribution in [2.45, 2.75) is 6.04 Å². The molecule has 0 aromatic heterocycles. The first-order chi connectivity index (χ1) is 9.19. The molecule has 0 spiro atoms. The highest BCUT2D eigenvalue weighted by atomic mass is 127. The molecular weight excluding hydrogens is 355 g/mol. The summed E-state index contributed by atoms with van der Waals surface area (Å²) in [6, 6.07) is 9.64. The van der Waals surface area contributed by atoms with Gasteiger partial charge in [0.05, 0.1) is 12.6 Å². The average molecular weight is 370 g/mol. The molecule has 2 N–H and O–H groups in total. The molecular formula is C13H15IN4O. The highest BCUT2D eigenvalue weighted by Crippen LogP contribution is 2.12. The third kappa shape index (κ3) is 4.16.